The second-order valence-electron chi connectivity index (χ2n) is 5.49. The van der Waals surface area contributed by atoms with E-state index in [1.807, 2.05) is 0 Å². The van der Waals surface area contributed by atoms with E-state index in [2.05, 4.69) is 5.32 Å². The first kappa shape index (κ1) is 20.6. The van der Waals surface area contributed by atoms with Crippen LogP contribution in [0.2, 0.25) is 0 Å². The maximum atomic E-state index is 13.9. The molecule has 0 aliphatic rings. The normalized spacial score (nSPS) is 11.9. The fourth-order valence-electron chi connectivity index (χ4n) is 2.17. The Morgan fingerprint density at radius 3 is 2.33 bits per heavy atom. The maximum absolute atomic E-state index is 13.9. The fraction of sp³-hybridized carbons (Fsp3) is 0.188. The Morgan fingerprint density at radius 2 is 1.78 bits per heavy atom. The average molecular weight is 408 g/mol. The van der Waals surface area contributed by atoms with E-state index < -0.39 is 51.5 Å². The molecule has 0 radical (unpaired) electrons. The van der Waals surface area contributed by atoms with Crippen LogP contribution in [0.3, 0.4) is 0 Å². The molecule has 0 aliphatic heterocycles. The Balaban J connectivity index is 2.25. The van der Waals surface area contributed by atoms with Gasteiger partial charge in [0.15, 0.2) is 0 Å². The number of carbonyl (C=O) groups is 1. The predicted octanol–water partition coefficient (Wildman–Crippen LogP) is 3.39. The van der Waals surface area contributed by atoms with E-state index in [0.29, 0.717) is 22.7 Å². The number of nitrogens with one attached hydrogen (secondary N) is 1. The highest BCUT2D eigenvalue weighted by molar-refractivity contribution is 7.92. The summed E-state index contributed by atoms with van der Waals surface area (Å²) in [5, 5.41) is 2.12. The number of hydrogen-bond donors (Lipinski definition) is 1. The van der Waals surface area contributed by atoms with E-state index in [1.54, 1.807) is 0 Å². The van der Waals surface area contributed by atoms with Crippen LogP contribution in [0.25, 0.3) is 0 Å². The smallest absolute Gasteiger partial charge is 0.325 e. The molecule has 27 heavy (non-hydrogen) atoms. The minimum absolute atomic E-state index is 0.220. The molecule has 0 atom stereocenters. The molecular weight excluding hydrogens is 395 g/mol. The molecule has 0 aliphatic carbocycles. The molecule has 0 saturated carbocycles. The van der Waals surface area contributed by atoms with Crippen molar-refractivity contribution >= 4 is 27.3 Å². The van der Waals surface area contributed by atoms with Crippen molar-refractivity contribution in [3.8, 4) is 0 Å². The van der Waals surface area contributed by atoms with Gasteiger partial charge in [-0.1, -0.05) is 6.07 Å². The zero-order valence-electron chi connectivity index (χ0n) is 13.7. The maximum Gasteiger partial charge on any atom is 0.416 e. The molecule has 11 heteroatoms. The van der Waals surface area contributed by atoms with Crippen LogP contribution in [0.5, 0.6) is 0 Å². The van der Waals surface area contributed by atoms with Crippen molar-refractivity contribution in [2.75, 3.05) is 22.4 Å². The fourth-order valence-corrected chi connectivity index (χ4v) is 3.03. The zero-order chi connectivity index (χ0) is 20.4. The predicted molar refractivity (Wildman–Crippen MR) is 88.6 cm³/mol. The van der Waals surface area contributed by atoms with Crippen molar-refractivity contribution in [2.24, 2.45) is 0 Å². The molecular formula is C16H13F5N2O3S. The number of sulfonamides is 1. The van der Waals surface area contributed by atoms with E-state index in [-0.39, 0.29) is 5.69 Å². The highest BCUT2D eigenvalue weighted by Crippen LogP contribution is 2.30. The summed E-state index contributed by atoms with van der Waals surface area (Å²) in [7, 11) is -4.14. The molecule has 2 aromatic rings. The van der Waals surface area contributed by atoms with Crippen LogP contribution in [0.15, 0.2) is 42.5 Å². The Kier molecular flexibility index (Phi) is 5.73. The standard InChI is InChI=1S/C16H13F5N2O3S/c1-27(25,26)23(14-6-5-11(17)8-13(14)18)9-15(24)22-12-4-2-3-10(7-12)16(19,20)21/h2-8H,9H2,1H3,(H,22,24). The van der Waals surface area contributed by atoms with Gasteiger partial charge in [0.25, 0.3) is 0 Å². The summed E-state index contributed by atoms with van der Waals surface area (Å²) in [4.78, 5) is 12.1. The Bertz CT molecular complexity index is 961. The molecule has 0 aromatic heterocycles. The molecule has 0 heterocycles. The third-order valence-corrected chi connectivity index (χ3v) is 4.47. The Morgan fingerprint density at radius 1 is 1.11 bits per heavy atom. The van der Waals surface area contributed by atoms with Crippen LogP contribution in [0.4, 0.5) is 33.3 Å². The molecule has 0 bridgehead atoms. The van der Waals surface area contributed by atoms with Gasteiger partial charge in [0.2, 0.25) is 15.9 Å². The minimum Gasteiger partial charge on any atom is -0.325 e. The van der Waals surface area contributed by atoms with Crippen molar-refractivity contribution < 1.29 is 35.2 Å². The first-order valence-corrected chi connectivity index (χ1v) is 9.12. The van der Waals surface area contributed by atoms with E-state index in [1.165, 1.54) is 6.07 Å². The van der Waals surface area contributed by atoms with Gasteiger partial charge in [0, 0.05) is 11.8 Å². The van der Waals surface area contributed by atoms with E-state index in [9.17, 15) is 35.2 Å². The summed E-state index contributed by atoms with van der Waals surface area (Å²) in [6.45, 7) is -0.919. The SMILES string of the molecule is CS(=O)(=O)N(CC(=O)Nc1cccc(C(F)(F)F)c1)c1ccc(F)cc1F. The lowest BCUT2D eigenvalue weighted by molar-refractivity contribution is -0.137. The van der Waals surface area contributed by atoms with Crippen LogP contribution < -0.4 is 9.62 Å². The topological polar surface area (TPSA) is 66.5 Å². The van der Waals surface area contributed by atoms with Crippen molar-refractivity contribution in [2.45, 2.75) is 6.18 Å². The summed E-state index contributed by atoms with van der Waals surface area (Å²) >= 11 is 0. The van der Waals surface area contributed by atoms with E-state index in [0.717, 1.165) is 24.3 Å². The molecule has 0 unspecified atom stereocenters. The first-order chi connectivity index (χ1) is 12.4. The second kappa shape index (κ2) is 7.51. The van der Waals surface area contributed by atoms with Gasteiger partial charge in [0.1, 0.15) is 18.2 Å². The summed E-state index contributed by atoms with van der Waals surface area (Å²) in [6.07, 6.45) is -3.93. The number of nitrogens with zero attached hydrogens (tertiary/aromatic N) is 1. The highest BCUT2D eigenvalue weighted by atomic mass is 32.2. The minimum atomic E-state index is -4.63. The largest absolute Gasteiger partial charge is 0.416 e. The third kappa shape index (κ3) is 5.39. The summed E-state index contributed by atoms with van der Waals surface area (Å²) < 4.78 is 89.1. The van der Waals surface area contributed by atoms with E-state index >= 15 is 0 Å². The molecule has 146 valence electrons. The number of carbonyl (C=O) groups excluding carboxylic acids is 1. The van der Waals surface area contributed by atoms with Gasteiger partial charge in [-0.25, -0.2) is 17.2 Å². The number of benzene rings is 2. The lowest BCUT2D eigenvalue weighted by atomic mass is 10.2. The number of hydrogen-bond acceptors (Lipinski definition) is 3. The summed E-state index contributed by atoms with van der Waals surface area (Å²) in [5.74, 6) is -3.17. The van der Waals surface area contributed by atoms with Crippen molar-refractivity contribution in [1.82, 2.24) is 0 Å². The van der Waals surface area contributed by atoms with Crippen LogP contribution in [-0.4, -0.2) is 27.1 Å². The van der Waals surface area contributed by atoms with Gasteiger partial charge in [-0.05, 0) is 30.3 Å². The summed E-state index contributed by atoms with van der Waals surface area (Å²) in [6, 6.07) is 5.79. The van der Waals surface area contributed by atoms with Crippen LogP contribution in [-0.2, 0) is 21.0 Å². The van der Waals surface area contributed by atoms with Crippen LogP contribution in [0, 0.1) is 11.6 Å². The third-order valence-electron chi connectivity index (χ3n) is 3.34. The van der Waals surface area contributed by atoms with Crippen molar-refractivity contribution in [3.05, 3.63) is 59.7 Å². The van der Waals surface area contributed by atoms with E-state index in [4.69, 9.17) is 0 Å². The van der Waals surface area contributed by atoms with Gasteiger partial charge < -0.3 is 5.32 Å². The number of alkyl halides is 3. The number of anilines is 2. The highest BCUT2D eigenvalue weighted by Gasteiger charge is 2.30. The molecule has 5 nitrogen and oxygen atoms in total. The Labute approximate surface area is 151 Å². The molecule has 0 spiro atoms. The molecule has 2 aromatic carbocycles. The summed E-state index contributed by atoms with van der Waals surface area (Å²) in [5.41, 5.74) is -1.80. The zero-order valence-corrected chi connectivity index (χ0v) is 14.5. The lowest BCUT2D eigenvalue weighted by Gasteiger charge is -2.22. The quantitative estimate of drug-likeness (QED) is 0.772. The molecule has 2 rings (SSSR count). The first-order valence-electron chi connectivity index (χ1n) is 7.28. The van der Waals surface area contributed by atoms with Gasteiger partial charge in [-0.3, -0.25) is 9.10 Å². The number of rotatable bonds is 5. The lowest BCUT2D eigenvalue weighted by Crippen LogP contribution is -2.38. The van der Waals surface area contributed by atoms with Crippen LogP contribution in [0.1, 0.15) is 5.56 Å². The number of amides is 1. The number of halogens is 5. The molecule has 1 amide bonds. The van der Waals surface area contributed by atoms with Crippen molar-refractivity contribution in [1.29, 1.82) is 0 Å². The van der Waals surface area contributed by atoms with Gasteiger partial charge in [-0.15, -0.1) is 0 Å². The van der Waals surface area contributed by atoms with Gasteiger partial charge in [-0.2, -0.15) is 13.2 Å². The van der Waals surface area contributed by atoms with Crippen LogP contribution >= 0.6 is 0 Å². The average Bonchev–Trinajstić information content (AvgIpc) is 2.52. The van der Waals surface area contributed by atoms with Gasteiger partial charge >= 0.3 is 6.18 Å². The second-order valence-corrected chi connectivity index (χ2v) is 7.40. The Hall–Kier alpha value is -2.69. The molecule has 0 saturated heterocycles. The monoisotopic (exact) mass is 408 g/mol. The molecule has 0 fully saturated rings. The van der Waals surface area contributed by atoms with Gasteiger partial charge in [0.05, 0.1) is 17.5 Å². The van der Waals surface area contributed by atoms with Crippen molar-refractivity contribution in [3.63, 3.8) is 0 Å². The molecule has 1 N–H and O–H groups in total.